The molecule has 3 heterocycles. The van der Waals surface area contributed by atoms with E-state index in [2.05, 4.69) is 52.3 Å². The number of amides is 1. The fourth-order valence-electron chi connectivity index (χ4n) is 7.09. The van der Waals surface area contributed by atoms with Gasteiger partial charge in [-0.25, -0.2) is 4.79 Å². The molecule has 42 heavy (non-hydrogen) atoms. The summed E-state index contributed by atoms with van der Waals surface area (Å²) in [5, 5.41) is 0. The molecule has 2 bridgehead atoms. The predicted octanol–water partition coefficient (Wildman–Crippen LogP) is 6.53. The van der Waals surface area contributed by atoms with Crippen LogP contribution in [0.15, 0.2) is 78.9 Å². The number of likely N-dealkylation sites (tertiary alicyclic amines) is 1. The van der Waals surface area contributed by atoms with Crippen LogP contribution in [0.1, 0.15) is 77.3 Å². The third-order valence-electron chi connectivity index (χ3n) is 9.27. The van der Waals surface area contributed by atoms with E-state index < -0.39 is 0 Å². The molecule has 3 saturated heterocycles. The molecule has 3 aliphatic rings. The molecule has 0 N–H and O–H groups in total. The van der Waals surface area contributed by atoms with E-state index in [9.17, 15) is 9.59 Å². The first kappa shape index (κ1) is 28.5. The Morgan fingerprint density at radius 3 is 2.05 bits per heavy atom. The van der Waals surface area contributed by atoms with E-state index in [-0.39, 0.29) is 30.1 Å². The van der Waals surface area contributed by atoms with E-state index in [0.717, 1.165) is 62.5 Å². The summed E-state index contributed by atoms with van der Waals surface area (Å²) >= 11 is 0. The van der Waals surface area contributed by atoms with E-state index in [1.165, 1.54) is 30.4 Å². The summed E-state index contributed by atoms with van der Waals surface area (Å²) in [4.78, 5) is 30.2. The van der Waals surface area contributed by atoms with Gasteiger partial charge in [0.2, 0.25) is 0 Å². The Labute approximate surface area is 249 Å². The first-order valence-corrected chi connectivity index (χ1v) is 15.7. The van der Waals surface area contributed by atoms with Gasteiger partial charge in [-0.1, -0.05) is 42.5 Å². The number of benzene rings is 3. The fourth-order valence-corrected chi connectivity index (χ4v) is 7.09. The monoisotopic (exact) mass is 566 g/mol. The van der Waals surface area contributed by atoms with Crippen molar-refractivity contribution in [1.82, 2.24) is 9.80 Å². The number of hydrogen-bond acceptors (Lipinski definition) is 5. The SMILES string of the molecule is CCOC(=O)c1ccc(OC2CC3CCC(C2)N3C(=O)c2ccc(CN3CCC(Cc4ccccc4)CC3)cc2)cc1. The number of hydrogen-bond donors (Lipinski definition) is 0. The number of carbonyl (C=O) groups excluding carboxylic acids is 2. The zero-order valence-corrected chi connectivity index (χ0v) is 24.6. The zero-order valence-electron chi connectivity index (χ0n) is 24.6. The summed E-state index contributed by atoms with van der Waals surface area (Å²) < 4.78 is 11.4. The lowest BCUT2D eigenvalue weighted by atomic mass is 9.90. The Hall–Kier alpha value is -3.64. The van der Waals surface area contributed by atoms with Crippen molar-refractivity contribution in [2.24, 2.45) is 5.92 Å². The molecule has 6 heteroatoms. The quantitative estimate of drug-likeness (QED) is 0.276. The van der Waals surface area contributed by atoms with E-state index in [4.69, 9.17) is 9.47 Å². The van der Waals surface area contributed by atoms with Crippen LogP contribution in [0.3, 0.4) is 0 Å². The number of carbonyl (C=O) groups is 2. The summed E-state index contributed by atoms with van der Waals surface area (Å²) in [5.41, 5.74) is 4.03. The summed E-state index contributed by atoms with van der Waals surface area (Å²) in [6.45, 7) is 5.37. The Morgan fingerprint density at radius 2 is 1.40 bits per heavy atom. The molecule has 220 valence electrons. The second-order valence-corrected chi connectivity index (χ2v) is 12.2. The summed E-state index contributed by atoms with van der Waals surface area (Å²) in [5.74, 6) is 1.35. The maximum atomic E-state index is 13.6. The highest BCUT2D eigenvalue weighted by molar-refractivity contribution is 5.95. The van der Waals surface area contributed by atoms with Gasteiger partial charge in [0.25, 0.3) is 5.91 Å². The van der Waals surface area contributed by atoms with Gasteiger partial charge in [0, 0.05) is 37.0 Å². The second kappa shape index (κ2) is 13.1. The lowest BCUT2D eigenvalue weighted by molar-refractivity contribution is 0.0359. The van der Waals surface area contributed by atoms with Crippen LogP contribution >= 0.6 is 0 Å². The molecule has 0 saturated carbocycles. The first-order chi connectivity index (χ1) is 20.6. The maximum absolute atomic E-state index is 13.6. The van der Waals surface area contributed by atoms with Crippen molar-refractivity contribution < 1.29 is 19.1 Å². The standard InChI is InChI=1S/C36H42N2O4/c1-2-41-36(40)30-12-16-33(17-13-30)42-34-23-31-14-15-32(24-34)38(31)35(39)29-10-8-28(9-11-29)25-37-20-18-27(19-21-37)22-26-6-4-3-5-7-26/h3-13,16-17,27,31-32,34H,2,14-15,18-25H2,1H3. The highest BCUT2D eigenvalue weighted by atomic mass is 16.5. The number of rotatable bonds is 9. The molecule has 3 fully saturated rings. The molecule has 0 aromatic heterocycles. The van der Waals surface area contributed by atoms with Crippen LogP contribution in [-0.2, 0) is 17.7 Å². The van der Waals surface area contributed by atoms with Crippen LogP contribution in [0.5, 0.6) is 5.75 Å². The number of nitrogens with zero attached hydrogens (tertiary/aromatic N) is 2. The van der Waals surface area contributed by atoms with Crippen molar-refractivity contribution in [3.8, 4) is 5.75 Å². The number of ether oxygens (including phenoxy) is 2. The van der Waals surface area contributed by atoms with E-state index in [0.29, 0.717) is 12.2 Å². The van der Waals surface area contributed by atoms with Crippen molar-refractivity contribution in [3.05, 3.63) is 101 Å². The molecule has 6 rings (SSSR count). The molecule has 0 radical (unpaired) electrons. The van der Waals surface area contributed by atoms with Crippen molar-refractivity contribution in [2.45, 2.75) is 76.6 Å². The lowest BCUT2D eigenvalue weighted by Gasteiger charge is -2.39. The van der Waals surface area contributed by atoms with Gasteiger partial charge in [0.15, 0.2) is 0 Å². The van der Waals surface area contributed by atoms with Crippen LogP contribution < -0.4 is 4.74 Å². The van der Waals surface area contributed by atoms with Crippen molar-refractivity contribution >= 4 is 11.9 Å². The molecule has 1 amide bonds. The van der Waals surface area contributed by atoms with Crippen molar-refractivity contribution in [2.75, 3.05) is 19.7 Å². The lowest BCUT2D eigenvalue weighted by Crippen LogP contribution is -2.49. The number of fused-ring (bicyclic) bond motifs is 2. The van der Waals surface area contributed by atoms with Crippen molar-refractivity contribution in [3.63, 3.8) is 0 Å². The normalized spacial score (nSPS) is 22.6. The summed E-state index contributed by atoms with van der Waals surface area (Å²) in [6.07, 6.45) is 7.45. The van der Waals surface area contributed by atoms with Crippen LogP contribution in [0, 0.1) is 5.92 Å². The molecule has 3 aliphatic heterocycles. The van der Waals surface area contributed by atoms with E-state index >= 15 is 0 Å². The molecular formula is C36H42N2O4. The van der Waals surface area contributed by atoms with Gasteiger partial charge >= 0.3 is 5.97 Å². The topological polar surface area (TPSA) is 59.1 Å². The van der Waals surface area contributed by atoms with E-state index in [1.54, 1.807) is 19.1 Å². The number of esters is 1. The Bertz CT molecular complexity index is 1320. The largest absolute Gasteiger partial charge is 0.490 e. The average molecular weight is 567 g/mol. The van der Waals surface area contributed by atoms with Gasteiger partial charge < -0.3 is 14.4 Å². The zero-order chi connectivity index (χ0) is 28.9. The smallest absolute Gasteiger partial charge is 0.338 e. The minimum Gasteiger partial charge on any atom is -0.490 e. The molecule has 6 nitrogen and oxygen atoms in total. The molecule has 3 aromatic rings. The maximum Gasteiger partial charge on any atom is 0.338 e. The van der Waals surface area contributed by atoms with Gasteiger partial charge in [-0.3, -0.25) is 9.69 Å². The second-order valence-electron chi connectivity index (χ2n) is 12.2. The molecule has 0 spiro atoms. The summed E-state index contributed by atoms with van der Waals surface area (Å²) in [7, 11) is 0. The Balaban J connectivity index is 0.986. The highest BCUT2D eigenvalue weighted by Crippen LogP contribution is 2.38. The van der Waals surface area contributed by atoms with Gasteiger partial charge in [-0.2, -0.15) is 0 Å². The van der Waals surface area contributed by atoms with Gasteiger partial charge in [0.05, 0.1) is 12.2 Å². The average Bonchev–Trinajstić information content (AvgIpc) is 3.29. The molecule has 0 aliphatic carbocycles. The molecule has 2 unspecified atom stereocenters. The predicted molar refractivity (Wildman–Crippen MR) is 164 cm³/mol. The van der Waals surface area contributed by atoms with Crippen LogP contribution in [-0.4, -0.2) is 59.6 Å². The minimum atomic E-state index is -0.318. The first-order valence-electron chi connectivity index (χ1n) is 15.7. The highest BCUT2D eigenvalue weighted by Gasteiger charge is 2.44. The molecular weight excluding hydrogens is 524 g/mol. The van der Waals surface area contributed by atoms with Crippen molar-refractivity contribution in [1.29, 1.82) is 0 Å². The van der Waals surface area contributed by atoms with Gasteiger partial charge in [-0.05, 0) is 106 Å². The van der Waals surface area contributed by atoms with Crippen LogP contribution in [0.2, 0.25) is 0 Å². The third-order valence-corrected chi connectivity index (χ3v) is 9.27. The Kier molecular flexibility index (Phi) is 8.90. The van der Waals surface area contributed by atoms with E-state index in [1.807, 2.05) is 24.3 Å². The fraction of sp³-hybridized carbons (Fsp3) is 0.444. The van der Waals surface area contributed by atoms with Crippen LogP contribution in [0.4, 0.5) is 0 Å². The third kappa shape index (κ3) is 6.70. The Morgan fingerprint density at radius 1 is 0.762 bits per heavy atom. The molecule has 2 atom stereocenters. The van der Waals surface area contributed by atoms with Crippen LogP contribution in [0.25, 0.3) is 0 Å². The molecule has 3 aromatic carbocycles. The minimum absolute atomic E-state index is 0.0687. The summed E-state index contributed by atoms with van der Waals surface area (Å²) in [6, 6.07) is 26.7. The van der Waals surface area contributed by atoms with Gasteiger partial charge in [-0.15, -0.1) is 0 Å². The number of piperidine rings is 2. The van der Waals surface area contributed by atoms with Gasteiger partial charge in [0.1, 0.15) is 11.9 Å².